The second kappa shape index (κ2) is 6.82. The first-order valence-electron chi connectivity index (χ1n) is 7.63. The smallest absolute Gasteiger partial charge is 0.322 e. The summed E-state index contributed by atoms with van der Waals surface area (Å²) in [4.78, 5) is 17.9. The highest BCUT2D eigenvalue weighted by atomic mass is 19.1. The van der Waals surface area contributed by atoms with E-state index in [4.69, 9.17) is 4.74 Å². The number of hydrogen-bond acceptors (Lipinski definition) is 3. The Morgan fingerprint density at radius 2 is 1.96 bits per heavy atom. The molecule has 1 aromatic heterocycles. The summed E-state index contributed by atoms with van der Waals surface area (Å²) in [6.07, 6.45) is 0.429. The van der Waals surface area contributed by atoms with Crippen LogP contribution >= 0.6 is 0 Å². The van der Waals surface area contributed by atoms with E-state index >= 15 is 0 Å². The van der Waals surface area contributed by atoms with Crippen molar-refractivity contribution in [3.8, 4) is 5.88 Å². The van der Waals surface area contributed by atoms with Gasteiger partial charge in [0.2, 0.25) is 5.88 Å². The monoisotopic (exact) mass is 333 g/mol. The molecule has 0 radical (unpaired) electrons. The molecule has 1 fully saturated rings. The van der Waals surface area contributed by atoms with E-state index in [1.807, 2.05) is 19.1 Å². The molecule has 2 amide bonds. The molecule has 1 unspecified atom stereocenters. The van der Waals surface area contributed by atoms with Gasteiger partial charge >= 0.3 is 6.03 Å². The lowest BCUT2D eigenvalue weighted by molar-refractivity contribution is 0.189. The van der Waals surface area contributed by atoms with E-state index in [9.17, 15) is 13.6 Å². The van der Waals surface area contributed by atoms with E-state index in [1.165, 1.54) is 11.0 Å². The zero-order valence-corrected chi connectivity index (χ0v) is 13.1. The number of aryl methyl sites for hydroxylation is 1. The quantitative estimate of drug-likeness (QED) is 0.937. The Hall–Kier alpha value is -2.70. The molecule has 0 aliphatic carbocycles. The van der Waals surface area contributed by atoms with Crippen LogP contribution in [0.15, 0.2) is 36.4 Å². The number of carbonyl (C=O) groups is 1. The summed E-state index contributed by atoms with van der Waals surface area (Å²) < 4.78 is 32.9. The molecule has 1 atom stereocenters. The summed E-state index contributed by atoms with van der Waals surface area (Å²) >= 11 is 0. The molecule has 1 aliphatic heterocycles. The highest BCUT2D eigenvalue weighted by molar-refractivity contribution is 5.89. The second-order valence-corrected chi connectivity index (χ2v) is 5.62. The number of aromatic nitrogens is 1. The minimum Gasteiger partial charge on any atom is -0.472 e. The van der Waals surface area contributed by atoms with Crippen molar-refractivity contribution < 1.29 is 18.3 Å². The largest absolute Gasteiger partial charge is 0.472 e. The van der Waals surface area contributed by atoms with Crippen molar-refractivity contribution >= 4 is 11.7 Å². The number of benzene rings is 1. The van der Waals surface area contributed by atoms with E-state index < -0.39 is 23.4 Å². The predicted octanol–water partition coefficient (Wildman–Crippen LogP) is 3.35. The first kappa shape index (κ1) is 16.2. The number of carbonyl (C=O) groups excluding carboxylic acids is 1. The van der Waals surface area contributed by atoms with Crippen LogP contribution in [0.5, 0.6) is 5.88 Å². The fraction of sp³-hybridized carbons (Fsp3) is 0.294. The van der Waals surface area contributed by atoms with Crippen LogP contribution in [0.25, 0.3) is 0 Å². The number of urea groups is 1. The number of nitrogens with one attached hydrogen (secondary N) is 1. The molecule has 1 aromatic carbocycles. The van der Waals surface area contributed by atoms with Crippen molar-refractivity contribution in [3.05, 3.63) is 53.7 Å². The standard InChI is InChI=1S/C17H17F2N3O2/c1-11-4-2-7-15(20-11)24-12-8-9-22(10-12)17(23)21-16-13(18)5-3-6-14(16)19/h2-7,12H,8-10H2,1H3,(H,21,23). The molecular weight excluding hydrogens is 316 g/mol. The fourth-order valence-corrected chi connectivity index (χ4v) is 2.57. The molecule has 5 nitrogen and oxygen atoms in total. The zero-order chi connectivity index (χ0) is 17.1. The van der Waals surface area contributed by atoms with Gasteiger partial charge in [-0.1, -0.05) is 12.1 Å². The summed E-state index contributed by atoms with van der Waals surface area (Å²) in [5.74, 6) is -1.11. The average Bonchev–Trinajstić information content (AvgIpc) is 2.99. The van der Waals surface area contributed by atoms with Crippen molar-refractivity contribution in [2.24, 2.45) is 0 Å². The summed E-state index contributed by atoms with van der Waals surface area (Å²) in [5.41, 5.74) is 0.405. The van der Waals surface area contributed by atoms with E-state index in [-0.39, 0.29) is 6.10 Å². The molecule has 0 spiro atoms. The number of pyridine rings is 1. The SMILES string of the molecule is Cc1cccc(OC2CCN(C(=O)Nc3c(F)cccc3F)C2)n1. The Morgan fingerprint density at radius 3 is 2.67 bits per heavy atom. The van der Waals surface area contributed by atoms with E-state index in [0.717, 1.165) is 17.8 Å². The van der Waals surface area contributed by atoms with Crippen LogP contribution in [0.3, 0.4) is 0 Å². The minimum absolute atomic E-state index is 0.199. The fourth-order valence-electron chi connectivity index (χ4n) is 2.57. The summed E-state index contributed by atoms with van der Waals surface area (Å²) in [6.45, 7) is 2.64. The van der Waals surface area contributed by atoms with Crippen molar-refractivity contribution in [1.29, 1.82) is 0 Å². The third-order valence-corrected chi connectivity index (χ3v) is 3.78. The molecule has 0 bridgehead atoms. The number of likely N-dealkylation sites (tertiary alicyclic amines) is 1. The molecule has 2 aromatic rings. The van der Waals surface area contributed by atoms with Gasteiger partial charge < -0.3 is 15.0 Å². The molecule has 1 aliphatic rings. The lowest BCUT2D eigenvalue weighted by Crippen LogP contribution is -2.35. The molecule has 1 N–H and O–H groups in total. The van der Waals surface area contributed by atoms with E-state index in [2.05, 4.69) is 10.3 Å². The van der Waals surface area contributed by atoms with Gasteiger partial charge in [-0.05, 0) is 25.1 Å². The first-order valence-corrected chi connectivity index (χ1v) is 7.63. The van der Waals surface area contributed by atoms with Crippen molar-refractivity contribution in [2.45, 2.75) is 19.4 Å². The third-order valence-electron chi connectivity index (χ3n) is 3.78. The van der Waals surface area contributed by atoms with Crippen molar-refractivity contribution in [2.75, 3.05) is 18.4 Å². The van der Waals surface area contributed by atoms with Gasteiger partial charge in [-0.25, -0.2) is 18.6 Å². The van der Waals surface area contributed by atoms with Crippen molar-refractivity contribution in [1.82, 2.24) is 9.88 Å². The van der Waals surface area contributed by atoms with Gasteiger partial charge in [0, 0.05) is 24.7 Å². The lowest BCUT2D eigenvalue weighted by atomic mass is 10.3. The van der Waals surface area contributed by atoms with Crippen molar-refractivity contribution in [3.63, 3.8) is 0 Å². The maximum Gasteiger partial charge on any atom is 0.322 e. The van der Waals surface area contributed by atoms with Gasteiger partial charge in [-0.15, -0.1) is 0 Å². The number of para-hydroxylation sites is 1. The number of amides is 2. The number of nitrogens with zero attached hydrogens (tertiary/aromatic N) is 2. The van der Waals surface area contributed by atoms with Gasteiger partial charge in [0.05, 0.1) is 6.54 Å². The molecule has 0 saturated carbocycles. The van der Waals surface area contributed by atoms with Gasteiger partial charge in [-0.2, -0.15) is 0 Å². The Kier molecular flexibility index (Phi) is 4.59. The Labute approximate surface area is 138 Å². The molecule has 3 rings (SSSR count). The van der Waals surface area contributed by atoms with Crippen LogP contribution in [0.2, 0.25) is 0 Å². The van der Waals surface area contributed by atoms with Crippen LogP contribution in [0, 0.1) is 18.6 Å². The molecule has 1 saturated heterocycles. The number of anilines is 1. The molecule has 2 heterocycles. The topological polar surface area (TPSA) is 54.5 Å². The summed E-state index contributed by atoms with van der Waals surface area (Å²) in [5, 5.41) is 2.28. The number of hydrogen-bond donors (Lipinski definition) is 1. The van der Waals surface area contributed by atoms with Crippen LogP contribution in [0.1, 0.15) is 12.1 Å². The lowest BCUT2D eigenvalue weighted by Gasteiger charge is -2.18. The van der Waals surface area contributed by atoms with Crippen LogP contribution in [0.4, 0.5) is 19.3 Å². The van der Waals surface area contributed by atoms with Crippen LogP contribution in [-0.2, 0) is 0 Å². The molecular formula is C17H17F2N3O2. The summed E-state index contributed by atoms with van der Waals surface area (Å²) in [6, 6.07) is 8.35. The van der Waals surface area contributed by atoms with E-state index in [0.29, 0.717) is 25.4 Å². The highest BCUT2D eigenvalue weighted by Crippen LogP contribution is 2.21. The average molecular weight is 333 g/mol. The second-order valence-electron chi connectivity index (χ2n) is 5.62. The normalized spacial score (nSPS) is 17.0. The number of rotatable bonds is 3. The predicted molar refractivity (Wildman–Crippen MR) is 85.0 cm³/mol. The van der Waals surface area contributed by atoms with Crippen LogP contribution in [-0.4, -0.2) is 35.1 Å². The van der Waals surface area contributed by atoms with Crippen LogP contribution < -0.4 is 10.1 Å². The summed E-state index contributed by atoms with van der Waals surface area (Å²) in [7, 11) is 0. The Morgan fingerprint density at radius 1 is 1.25 bits per heavy atom. The highest BCUT2D eigenvalue weighted by Gasteiger charge is 2.28. The third kappa shape index (κ3) is 3.61. The van der Waals surface area contributed by atoms with Gasteiger partial charge in [0.15, 0.2) is 0 Å². The molecule has 126 valence electrons. The van der Waals surface area contributed by atoms with Gasteiger partial charge in [0.25, 0.3) is 0 Å². The minimum atomic E-state index is -0.806. The zero-order valence-electron chi connectivity index (χ0n) is 13.1. The maximum atomic E-state index is 13.6. The Bertz CT molecular complexity index is 734. The Balaban J connectivity index is 1.60. The molecule has 24 heavy (non-hydrogen) atoms. The van der Waals surface area contributed by atoms with Gasteiger partial charge in [-0.3, -0.25) is 0 Å². The van der Waals surface area contributed by atoms with Gasteiger partial charge in [0.1, 0.15) is 23.4 Å². The maximum absolute atomic E-state index is 13.6. The number of halogens is 2. The molecule has 7 heteroatoms. The van der Waals surface area contributed by atoms with E-state index in [1.54, 1.807) is 6.07 Å². The number of ether oxygens (including phenoxy) is 1. The first-order chi connectivity index (χ1) is 11.5.